The molecule has 104 valence electrons. The molecule has 0 fully saturated rings. The number of anilines is 2. The number of H-pyrrole nitrogens is 1. The van der Waals surface area contributed by atoms with E-state index in [2.05, 4.69) is 20.5 Å². The molecule has 0 unspecified atom stereocenters. The highest BCUT2D eigenvalue weighted by Crippen LogP contribution is 2.15. The van der Waals surface area contributed by atoms with Gasteiger partial charge in [0.05, 0.1) is 18.4 Å². The minimum absolute atomic E-state index is 0.286. The van der Waals surface area contributed by atoms with Crippen LogP contribution < -0.4 is 5.32 Å². The van der Waals surface area contributed by atoms with E-state index in [1.54, 1.807) is 18.2 Å². The zero-order chi connectivity index (χ0) is 14.4. The molecule has 0 bridgehead atoms. The number of aromatic nitrogens is 3. The van der Waals surface area contributed by atoms with Crippen LogP contribution >= 0.6 is 12.2 Å². The fourth-order valence-corrected chi connectivity index (χ4v) is 1.67. The van der Waals surface area contributed by atoms with Crippen LogP contribution in [0.3, 0.4) is 0 Å². The normalized spacial score (nSPS) is 10.1. The first kappa shape index (κ1) is 14.1. The molecule has 0 spiro atoms. The summed E-state index contributed by atoms with van der Waals surface area (Å²) in [4.78, 5) is 15.8. The second kappa shape index (κ2) is 6.76. The molecular weight excluding hydrogens is 276 g/mol. The predicted molar refractivity (Wildman–Crippen MR) is 77.5 cm³/mol. The second-order valence-electron chi connectivity index (χ2n) is 4.01. The molecule has 0 aliphatic carbocycles. The van der Waals surface area contributed by atoms with Crippen molar-refractivity contribution in [2.45, 2.75) is 13.3 Å². The van der Waals surface area contributed by atoms with Crippen LogP contribution in [0.4, 0.5) is 11.5 Å². The Kier molecular flexibility index (Phi) is 4.78. The van der Waals surface area contributed by atoms with Gasteiger partial charge >= 0.3 is 5.97 Å². The van der Waals surface area contributed by atoms with Gasteiger partial charge < -0.3 is 10.1 Å². The zero-order valence-electron chi connectivity index (χ0n) is 10.9. The monoisotopic (exact) mass is 290 g/mol. The molecule has 1 aromatic heterocycles. The Morgan fingerprint density at radius 3 is 3.10 bits per heavy atom. The summed E-state index contributed by atoms with van der Waals surface area (Å²) in [6, 6.07) is 6.98. The number of carbonyl (C=O) groups is 1. The molecule has 2 aromatic rings. The highest BCUT2D eigenvalue weighted by atomic mass is 32.1. The van der Waals surface area contributed by atoms with E-state index in [9.17, 15) is 4.79 Å². The van der Waals surface area contributed by atoms with Gasteiger partial charge in [-0.15, -0.1) is 0 Å². The first-order valence-electron chi connectivity index (χ1n) is 6.15. The fraction of sp³-hybridized carbons (Fsp3) is 0.231. The molecule has 0 radical (unpaired) electrons. The number of benzene rings is 1. The maximum atomic E-state index is 11.8. The molecule has 0 saturated heterocycles. The molecule has 0 amide bonds. The van der Waals surface area contributed by atoms with Gasteiger partial charge in [0.15, 0.2) is 5.82 Å². The van der Waals surface area contributed by atoms with Crippen LogP contribution in [0.2, 0.25) is 0 Å². The minimum Gasteiger partial charge on any atom is -0.462 e. The lowest BCUT2D eigenvalue weighted by Crippen LogP contribution is -2.06. The Morgan fingerprint density at radius 2 is 2.35 bits per heavy atom. The Balaban J connectivity index is 2.13. The molecule has 7 heteroatoms. The zero-order valence-corrected chi connectivity index (χ0v) is 11.7. The lowest BCUT2D eigenvalue weighted by molar-refractivity contribution is 0.0505. The number of nitrogens with one attached hydrogen (secondary N) is 2. The third kappa shape index (κ3) is 3.86. The third-order valence-electron chi connectivity index (χ3n) is 2.38. The van der Waals surface area contributed by atoms with E-state index in [1.807, 2.05) is 13.0 Å². The van der Waals surface area contributed by atoms with E-state index < -0.39 is 0 Å². The number of carbonyl (C=O) groups excluding carboxylic acids is 1. The molecule has 0 saturated carbocycles. The van der Waals surface area contributed by atoms with E-state index in [-0.39, 0.29) is 10.7 Å². The maximum absolute atomic E-state index is 11.8. The second-order valence-corrected chi connectivity index (χ2v) is 4.40. The van der Waals surface area contributed by atoms with E-state index in [0.29, 0.717) is 23.7 Å². The lowest BCUT2D eigenvalue weighted by Gasteiger charge is -2.07. The number of aromatic amines is 1. The summed E-state index contributed by atoms with van der Waals surface area (Å²) < 4.78 is 5.37. The Morgan fingerprint density at radius 1 is 1.50 bits per heavy atom. The Bertz CT molecular complexity index is 657. The molecule has 1 heterocycles. The summed E-state index contributed by atoms with van der Waals surface area (Å²) in [5, 5.41) is 9.41. The van der Waals surface area contributed by atoms with Crippen molar-refractivity contribution in [2.24, 2.45) is 0 Å². The molecule has 20 heavy (non-hydrogen) atoms. The quantitative estimate of drug-likeness (QED) is 0.651. The topological polar surface area (TPSA) is 79.9 Å². The van der Waals surface area contributed by atoms with Crippen molar-refractivity contribution in [1.29, 1.82) is 0 Å². The van der Waals surface area contributed by atoms with E-state index in [1.165, 1.54) is 6.20 Å². The van der Waals surface area contributed by atoms with Gasteiger partial charge in [0, 0.05) is 5.69 Å². The minimum atomic E-state index is -0.341. The van der Waals surface area contributed by atoms with Crippen molar-refractivity contribution in [3.05, 3.63) is 40.8 Å². The summed E-state index contributed by atoms with van der Waals surface area (Å²) in [5.74, 6) is 0.166. The van der Waals surface area contributed by atoms with Gasteiger partial charge in [-0.3, -0.25) is 5.10 Å². The van der Waals surface area contributed by atoms with Crippen molar-refractivity contribution < 1.29 is 9.53 Å². The number of hydrogen-bond donors (Lipinski definition) is 2. The average molecular weight is 290 g/mol. The van der Waals surface area contributed by atoms with Crippen LogP contribution in [-0.4, -0.2) is 27.8 Å². The maximum Gasteiger partial charge on any atom is 0.338 e. The number of rotatable bonds is 5. The highest BCUT2D eigenvalue weighted by molar-refractivity contribution is 7.71. The summed E-state index contributed by atoms with van der Waals surface area (Å²) in [5.41, 5.74) is 1.20. The third-order valence-corrected chi connectivity index (χ3v) is 2.56. The summed E-state index contributed by atoms with van der Waals surface area (Å²) in [7, 11) is 0. The number of hydrogen-bond acceptors (Lipinski definition) is 6. The van der Waals surface area contributed by atoms with Gasteiger partial charge in [-0.2, -0.15) is 10.1 Å². The van der Waals surface area contributed by atoms with Crippen LogP contribution in [0.1, 0.15) is 23.7 Å². The Labute approximate surface area is 121 Å². The number of ether oxygens (including phenoxy) is 1. The molecule has 0 atom stereocenters. The molecule has 6 nitrogen and oxygen atoms in total. The smallest absolute Gasteiger partial charge is 0.338 e. The molecule has 2 rings (SSSR count). The van der Waals surface area contributed by atoms with E-state index in [4.69, 9.17) is 17.0 Å². The fourth-order valence-electron chi connectivity index (χ4n) is 1.52. The van der Waals surface area contributed by atoms with Crippen molar-refractivity contribution >= 4 is 29.7 Å². The first-order valence-corrected chi connectivity index (χ1v) is 6.56. The Hall–Kier alpha value is -2.28. The van der Waals surface area contributed by atoms with Gasteiger partial charge in [0.2, 0.25) is 4.77 Å². The van der Waals surface area contributed by atoms with Gasteiger partial charge in [0.25, 0.3) is 0 Å². The molecule has 0 aliphatic heterocycles. The lowest BCUT2D eigenvalue weighted by atomic mass is 10.2. The SMILES string of the molecule is CCCOC(=O)c1cccc(Nc2cn[nH]c(=S)n2)c1. The van der Waals surface area contributed by atoms with Gasteiger partial charge in [-0.1, -0.05) is 13.0 Å². The van der Waals surface area contributed by atoms with Gasteiger partial charge in [0.1, 0.15) is 0 Å². The molecular formula is C13H14N4O2S. The van der Waals surface area contributed by atoms with Crippen molar-refractivity contribution in [2.75, 3.05) is 11.9 Å². The predicted octanol–water partition coefficient (Wildman–Crippen LogP) is 2.84. The van der Waals surface area contributed by atoms with Crippen LogP contribution in [0.15, 0.2) is 30.5 Å². The van der Waals surface area contributed by atoms with Crippen molar-refractivity contribution in [3.63, 3.8) is 0 Å². The molecule has 1 aromatic carbocycles. The van der Waals surface area contributed by atoms with Crippen LogP contribution in [0, 0.1) is 4.77 Å². The van der Waals surface area contributed by atoms with Crippen molar-refractivity contribution in [3.8, 4) is 0 Å². The number of nitrogens with zero attached hydrogens (tertiary/aromatic N) is 2. The summed E-state index contributed by atoms with van der Waals surface area (Å²) in [6.07, 6.45) is 2.30. The molecule has 0 aliphatic rings. The van der Waals surface area contributed by atoms with Gasteiger partial charge in [-0.25, -0.2) is 4.79 Å². The van der Waals surface area contributed by atoms with E-state index >= 15 is 0 Å². The van der Waals surface area contributed by atoms with E-state index in [0.717, 1.165) is 6.42 Å². The highest BCUT2D eigenvalue weighted by Gasteiger charge is 2.07. The number of esters is 1. The summed E-state index contributed by atoms with van der Waals surface area (Å²) in [6.45, 7) is 2.36. The van der Waals surface area contributed by atoms with Gasteiger partial charge in [-0.05, 0) is 36.8 Å². The molecule has 2 N–H and O–H groups in total. The van der Waals surface area contributed by atoms with Crippen LogP contribution in [0.5, 0.6) is 0 Å². The average Bonchev–Trinajstić information content (AvgIpc) is 2.45. The van der Waals surface area contributed by atoms with Crippen LogP contribution in [0.25, 0.3) is 0 Å². The standard InChI is InChI=1S/C13H14N4O2S/c1-2-6-19-12(18)9-4-3-5-10(7-9)15-11-8-14-17-13(20)16-11/h3-5,7-8H,2,6H2,1H3,(H2,15,16,17,20). The largest absolute Gasteiger partial charge is 0.462 e. The first-order chi connectivity index (χ1) is 9.69. The van der Waals surface area contributed by atoms with Crippen LogP contribution in [-0.2, 0) is 4.74 Å². The summed E-state index contributed by atoms with van der Waals surface area (Å²) >= 11 is 4.89. The van der Waals surface area contributed by atoms with Crippen molar-refractivity contribution in [1.82, 2.24) is 15.2 Å².